The lowest BCUT2D eigenvalue weighted by molar-refractivity contribution is 0.0523. The Labute approximate surface area is 161 Å². The van der Waals surface area contributed by atoms with Gasteiger partial charge in [0.15, 0.2) is 0 Å². The van der Waals surface area contributed by atoms with Crippen molar-refractivity contribution in [3.63, 3.8) is 0 Å². The second-order valence-electron chi connectivity index (χ2n) is 4.93. The van der Waals surface area contributed by atoms with Crippen LogP contribution < -0.4 is 11.1 Å². The molecular formula is C19H43N5O2. The van der Waals surface area contributed by atoms with E-state index in [2.05, 4.69) is 21.1 Å². The van der Waals surface area contributed by atoms with E-state index in [1.165, 1.54) is 7.05 Å². The van der Waals surface area contributed by atoms with Crippen LogP contribution in [-0.2, 0) is 18.3 Å². The minimum absolute atomic E-state index is 0.334. The van der Waals surface area contributed by atoms with Crippen molar-refractivity contribution in [3.8, 4) is 0 Å². The predicted molar refractivity (Wildman–Crippen MR) is 114 cm³/mol. The van der Waals surface area contributed by atoms with E-state index in [-0.39, 0.29) is 0 Å². The van der Waals surface area contributed by atoms with Gasteiger partial charge in [0.05, 0.1) is 17.9 Å². The molecule has 7 heteroatoms. The van der Waals surface area contributed by atoms with E-state index in [0.29, 0.717) is 6.54 Å². The zero-order valence-electron chi connectivity index (χ0n) is 19.1. The molecule has 0 aromatic carbocycles. The maximum atomic E-state index is 11.5. The lowest BCUT2D eigenvalue weighted by atomic mass is 10.2. The molecule has 0 aliphatic rings. The van der Waals surface area contributed by atoms with E-state index < -0.39 is 11.7 Å². The van der Waals surface area contributed by atoms with Crippen LogP contribution in [0.5, 0.6) is 0 Å². The molecule has 1 amide bonds. The van der Waals surface area contributed by atoms with Crippen LogP contribution in [0.25, 0.3) is 0 Å². The summed E-state index contributed by atoms with van der Waals surface area (Å²) in [5, 5.41) is 6.91. The number of carbonyl (C=O) groups excluding carboxylic acids is 1. The van der Waals surface area contributed by atoms with Crippen LogP contribution in [0.3, 0.4) is 0 Å². The van der Waals surface area contributed by atoms with Gasteiger partial charge in [-0.05, 0) is 33.9 Å². The van der Waals surface area contributed by atoms with E-state index in [1.807, 2.05) is 75.4 Å². The number of alkyl carbamates (subject to hydrolysis) is 1. The third-order valence-corrected chi connectivity index (χ3v) is 2.04. The molecule has 1 rings (SSSR count). The number of rotatable bonds is 3. The van der Waals surface area contributed by atoms with E-state index in [0.717, 1.165) is 11.4 Å². The van der Waals surface area contributed by atoms with Gasteiger partial charge in [0, 0.05) is 20.3 Å². The third kappa shape index (κ3) is 18.4. The SMILES string of the molecule is CC.CC.CC.CN.CN=Cc1cc(CNC(=O)OC(C)(C)C)nn1C. The van der Waals surface area contributed by atoms with E-state index in [1.54, 1.807) is 17.9 Å². The summed E-state index contributed by atoms with van der Waals surface area (Å²) in [5.41, 5.74) is 5.66. The van der Waals surface area contributed by atoms with Gasteiger partial charge in [-0.15, -0.1) is 0 Å². The van der Waals surface area contributed by atoms with E-state index in [4.69, 9.17) is 4.74 Å². The lowest BCUT2D eigenvalue weighted by Crippen LogP contribution is -2.32. The van der Waals surface area contributed by atoms with Gasteiger partial charge in [0.2, 0.25) is 0 Å². The number of aryl methyl sites for hydroxylation is 1. The fourth-order valence-corrected chi connectivity index (χ4v) is 1.36. The highest BCUT2D eigenvalue weighted by atomic mass is 16.6. The maximum Gasteiger partial charge on any atom is 0.407 e. The van der Waals surface area contributed by atoms with Crippen LogP contribution in [0.4, 0.5) is 4.79 Å². The van der Waals surface area contributed by atoms with Gasteiger partial charge in [-0.3, -0.25) is 9.67 Å². The highest BCUT2D eigenvalue weighted by molar-refractivity contribution is 5.77. The second kappa shape index (κ2) is 21.2. The average molecular weight is 374 g/mol. The van der Waals surface area contributed by atoms with Crippen molar-refractivity contribution in [2.75, 3.05) is 14.1 Å². The number of amides is 1. The highest BCUT2D eigenvalue weighted by Crippen LogP contribution is 2.07. The van der Waals surface area contributed by atoms with Crippen molar-refractivity contribution < 1.29 is 9.53 Å². The summed E-state index contributed by atoms with van der Waals surface area (Å²) in [6.07, 6.45) is 1.27. The molecule has 0 saturated carbocycles. The van der Waals surface area contributed by atoms with Crippen molar-refractivity contribution in [2.45, 2.75) is 74.5 Å². The Morgan fingerprint density at radius 2 is 1.69 bits per heavy atom. The molecule has 0 bridgehead atoms. The molecule has 0 aliphatic heterocycles. The standard InChI is InChI=1S/C12H20N4O2.3C2H6.CH5N/c1-12(2,3)18-11(17)14-7-9-6-10(8-13-4)16(5)15-9;4*1-2/h6,8H,7H2,1-5H3,(H,14,17);3*1-2H3;2H2,1H3. The first kappa shape index (κ1) is 31.8. The highest BCUT2D eigenvalue weighted by Gasteiger charge is 2.16. The van der Waals surface area contributed by atoms with Crippen LogP contribution in [0, 0.1) is 0 Å². The normalized spacial score (nSPS) is 9.12. The van der Waals surface area contributed by atoms with Crippen molar-refractivity contribution in [1.29, 1.82) is 0 Å². The zero-order valence-corrected chi connectivity index (χ0v) is 19.1. The summed E-state index contributed by atoms with van der Waals surface area (Å²) in [4.78, 5) is 15.4. The summed E-state index contributed by atoms with van der Waals surface area (Å²) in [7, 11) is 5.03. The van der Waals surface area contributed by atoms with Gasteiger partial charge in [0.25, 0.3) is 0 Å². The molecule has 0 fully saturated rings. The third-order valence-electron chi connectivity index (χ3n) is 2.04. The first-order valence-corrected chi connectivity index (χ1v) is 9.31. The number of carbonyl (C=O) groups is 1. The molecule has 3 N–H and O–H groups in total. The van der Waals surface area contributed by atoms with Crippen LogP contribution in [0.1, 0.15) is 73.7 Å². The molecule has 1 aromatic rings. The Kier molecular flexibility index (Phi) is 25.9. The number of nitrogens with zero attached hydrogens (tertiary/aromatic N) is 3. The van der Waals surface area contributed by atoms with Gasteiger partial charge in [-0.2, -0.15) is 5.10 Å². The molecule has 156 valence electrons. The smallest absolute Gasteiger partial charge is 0.407 e. The Morgan fingerprint density at radius 1 is 1.23 bits per heavy atom. The number of nitrogens with two attached hydrogens (primary N) is 1. The number of aliphatic imine (C=N–C) groups is 1. The van der Waals surface area contributed by atoms with E-state index >= 15 is 0 Å². The Bertz CT molecular complexity index is 449. The fraction of sp³-hybridized carbons (Fsp3) is 0.737. The fourth-order valence-electron chi connectivity index (χ4n) is 1.36. The number of aromatic nitrogens is 2. The number of nitrogens with one attached hydrogen (secondary N) is 1. The zero-order chi connectivity index (χ0) is 21.8. The van der Waals surface area contributed by atoms with Crippen LogP contribution >= 0.6 is 0 Å². The van der Waals surface area contributed by atoms with Gasteiger partial charge in [-0.25, -0.2) is 4.79 Å². The molecular weight excluding hydrogens is 330 g/mol. The largest absolute Gasteiger partial charge is 0.444 e. The Balaban J connectivity index is -0.000000266. The van der Waals surface area contributed by atoms with Gasteiger partial charge in [0.1, 0.15) is 5.60 Å². The minimum atomic E-state index is -0.492. The molecule has 0 unspecified atom stereocenters. The predicted octanol–water partition coefficient (Wildman–Crippen LogP) is 4.15. The minimum Gasteiger partial charge on any atom is -0.444 e. The molecule has 7 nitrogen and oxygen atoms in total. The number of ether oxygens (including phenoxy) is 1. The molecule has 0 aliphatic carbocycles. The van der Waals surface area contributed by atoms with Crippen LogP contribution in [-0.4, -0.2) is 41.8 Å². The molecule has 0 radical (unpaired) electrons. The molecule has 26 heavy (non-hydrogen) atoms. The van der Waals surface area contributed by atoms with Crippen molar-refractivity contribution >= 4 is 12.3 Å². The van der Waals surface area contributed by atoms with Crippen molar-refractivity contribution in [3.05, 3.63) is 17.5 Å². The summed E-state index contributed by atoms with van der Waals surface area (Å²) >= 11 is 0. The summed E-state index contributed by atoms with van der Waals surface area (Å²) < 4.78 is 6.84. The monoisotopic (exact) mass is 373 g/mol. The van der Waals surface area contributed by atoms with Crippen molar-refractivity contribution in [1.82, 2.24) is 15.1 Å². The molecule has 0 atom stereocenters. The van der Waals surface area contributed by atoms with E-state index in [9.17, 15) is 4.79 Å². The Morgan fingerprint density at radius 3 is 2.08 bits per heavy atom. The summed E-state index contributed by atoms with van der Waals surface area (Å²) in [6, 6.07) is 1.87. The van der Waals surface area contributed by atoms with Gasteiger partial charge >= 0.3 is 6.09 Å². The van der Waals surface area contributed by atoms with Crippen molar-refractivity contribution in [2.24, 2.45) is 17.8 Å². The van der Waals surface area contributed by atoms with Gasteiger partial charge in [-0.1, -0.05) is 41.5 Å². The summed E-state index contributed by atoms with van der Waals surface area (Å²) in [5.74, 6) is 0. The van der Waals surface area contributed by atoms with Crippen LogP contribution in [0.2, 0.25) is 0 Å². The second-order valence-corrected chi connectivity index (χ2v) is 4.93. The number of hydrogen-bond donors (Lipinski definition) is 2. The molecule has 1 aromatic heterocycles. The topological polar surface area (TPSA) is 94.5 Å². The summed E-state index contributed by atoms with van der Waals surface area (Å²) in [6.45, 7) is 17.8. The van der Waals surface area contributed by atoms with Crippen LogP contribution in [0.15, 0.2) is 11.1 Å². The lowest BCUT2D eigenvalue weighted by Gasteiger charge is -2.19. The molecule has 0 saturated heterocycles. The molecule has 1 heterocycles. The molecule has 0 spiro atoms. The van der Waals surface area contributed by atoms with Gasteiger partial charge < -0.3 is 15.8 Å². The Hall–Kier alpha value is -1.89. The quantitative estimate of drug-likeness (QED) is 0.778. The number of hydrogen-bond acceptors (Lipinski definition) is 5. The first-order chi connectivity index (χ1) is 12.3. The maximum absolute atomic E-state index is 11.5. The first-order valence-electron chi connectivity index (χ1n) is 9.31. The average Bonchev–Trinajstić information content (AvgIpc) is 2.99.